The summed E-state index contributed by atoms with van der Waals surface area (Å²) < 4.78 is 27.2. The van der Waals surface area contributed by atoms with Crippen LogP contribution in [0.15, 0.2) is 29.2 Å². The molecule has 0 bridgehead atoms. The molecule has 0 aliphatic carbocycles. The van der Waals surface area contributed by atoms with Crippen molar-refractivity contribution < 1.29 is 23.1 Å². The SMILES string of the molecule is COc1ccc(S(=O)(=O)C(C)(C)C(=O)O)cc1. The molecule has 0 unspecified atom stereocenters. The summed E-state index contributed by atoms with van der Waals surface area (Å²) in [7, 11) is -2.45. The summed E-state index contributed by atoms with van der Waals surface area (Å²) in [6, 6.07) is 5.62. The Balaban J connectivity index is 3.27. The fourth-order valence-electron chi connectivity index (χ4n) is 1.16. The molecule has 0 fully saturated rings. The van der Waals surface area contributed by atoms with Gasteiger partial charge in [-0.1, -0.05) is 0 Å². The fraction of sp³-hybridized carbons (Fsp3) is 0.364. The summed E-state index contributed by atoms with van der Waals surface area (Å²) in [4.78, 5) is 10.9. The molecular weight excluding hydrogens is 244 g/mol. The van der Waals surface area contributed by atoms with Crippen LogP contribution in [0.2, 0.25) is 0 Å². The van der Waals surface area contributed by atoms with Gasteiger partial charge in [0.05, 0.1) is 12.0 Å². The van der Waals surface area contributed by atoms with Crippen molar-refractivity contribution in [3.8, 4) is 5.75 Å². The molecule has 0 radical (unpaired) electrons. The van der Waals surface area contributed by atoms with Crippen molar-refractivity contribution in [1.82, 2.24) is 0 Å². The number of sulfone groups is 1. The van der Waals surface area contributed by atoms with Crippen LogP contribution in [-0.2, 0) is 14.6 Å². The van der Waals surface area contributed by atoms with E-state index in [1.165, 1.54) is 31.4 Å². The summed E-state index contributed by atoms with van der Waals surface area (Å²) >= 11 is 0. The molecule has 1 rings (SSSR count). The minimum atomic E-state index is -3.92. The standard InChI is InChI=1S/C11H14O5S/c1-11(2,10(12)13)17(14,15)9-6-4-8(16-3)5-7-9/h4-7H,1-3H3,(H,12,13). The highest BCUT2D eigenvalue weighted by molar-refractivity contribution is 7.93. The van der Waals surface area contributed by atoms with E-state index >= 15 is 0 Å². The Morgan fingerprint density at radius 2 is 1.71 bits per heavy atom. The van der Waals surface area contributed by atoms with Crippen LogP contribution in [0.1, 0.15) is 13.8 Å². The molecule has 0 spiro atoms. The van der Waals surface area contributed by atoms with Crippen LogP contribution in [0.25, 0.3) is 0 Å². The molecule has 0 amide bonds. The topological polar surface area (TPSA) is 80.7 Å². The Bertz CT molecular complexity index is 513. The molecule has 0 aliphatic heterocycles. The van der Waals surface area contributed by atoms with Crippen molar-refractivity contribution >= 4 is 15.8 Å². The quantitative estimate of drug-likeness (QED) is 0.881. The largest absolute Gasteiger partial charge is 0.497 e. The van der Waals surface area contributed by atoms with Crippen molar-refractivity contribution in [3.05, 3.63) is 24.3 Å². The van der Waals surface area contributed by atoms with Gasteiger partial charge in [-0.15, -0.1) is 0 Å². The lowest BCUT2D eigenvalue weighted by atomic mass is 10.2. The molecule has 0 atom stereocenters. The molecule has 5 nitrogen and oxygen atoms in total. The number of ether oxygens (including phenoxy) is 1. The zero-order valence-corrected chi connectivity index (χ0v) is 10.6. The lowest BCUT2D eigenvalue weighted by Gasteiger charge is -2.19. The Morgan fingerprint density at radius 1 is 1.24 bits per heavy atom. The lowest BCUT2D eigenvalue weighted by molar-refractivity contribution is -0.139. The first-order chi connectivity index (χ1) is 7.73. The first-order valence-electron chi connectivity index (χ1n) is 4.85. The van der Waals surface area contributed by atoms with Crippen LogP contribution >= 0.6 is 0 Å². The van der Waals surface area contributed by atoms with Crippen LogP contribution in [-0.4, -0.2) is 31.4 Å². The van der Waals surface area contributed by atoms with Crippen LogP contribution in [0.5, 0.6) is 5.75 Å². The smallest absolute Gasteiger partial charge is 0.324 e. The van der Waals surface area contributed by atoms with E-state index in [2.05, 4.69) is 0 Å². The van der Waals surface area contributed by atoms with E-state index in [1.54, 1.807) is 0 Å². The molecule has 6 heteroatoms. The van der Waals surface area contributed by atoms with E-state index in [0.29, 0.717) is 5.75 Å². The van der Waals surface area contributed by atoms with Gasteiger partial charge in [0.25, 0.3) is 0 Å². The Labute approximate surface area is 100.0 Å². The Kier molecular flexibility index (Phi) is 3.47. The van der Waals surface area contributed by atoms with Crippen molar-refractivity contribution in [1.29, 1.82) is 0 Å². The van der Waals surface area contributed by atoms with Gasteiger partial charge in [-0.3, -0.25) is 4.79 Å². The molecule has 0 aliphatic rings. The van der Waals surface area contributed by atoms with Crippen LogP contribution in [0.4, 0.5) is 0 Å². The third-order valence-electron chi connectivity index (χ3n) is 2.56. The van der Waals surface area contributed by atoms with Gasteiger partial charge in [0.15, 0.2) is 14.6 Å². The highest BCUT2D eigenvalue weighted by Crippen LogP contribution is 2.26. The lowest BCUT2D eigenvalue weighted by Crippen LogP contribution is -2.40. The number of rotatable bonds is 4. The normalized spacial score (nSPS) is 12.2. The molecule has 1 aromatic rings. The molecule has 0 saturated carbocycles. The van der Waals surface area contributed by atoms with Gasteiger partial charge in [0.2, 0.25) is 0 Å². The maximum Gasteiger partial charge on any atom is 0.324 e. The number of aliphatic carboxylic acids is 1. The minimum Gasteiger partial charge on any atom is -0.497 e. The Morgan fingerprint density at radius 3 is 2.06 bits per heavy atom. The molecule has 0 heterocycles. The van der Waals surface area contributed by atoms with Crippen LogP contribution < -0.4 is 4.74 Å². The monoisotopic (exact) mass is 258 g/mol. The number of hydrogen-bond donors (Lipinski definition) is 1. The fourth-order valence-corrected chi connectivity index (χ4v) is 2.48. The molecular formula is C11H14O5S. The van der Waals surface area contributed by atoms with E-state index in [4.69, 9.17) is 9.84 Å². The molecule has 0 saturated heterocycles. The average Bonchev–Trinajstić information content (AvgIpc) is 2.28. The first-order valence-corrected chi connectivity index (χ1v) is 6.34. The van der Waals surface area contributed by atoms with Crippen molar-refractivity contribution in [2.24, 2.45) is 0 Å². The number of carboxylic acids is 1. The third-order valence-corrected chi connectivity index (χ3v) is 4.97. The molecule has 17 heavy (non-hydrogen) atoms. The van der Waals surface area contributed by atoms with Crippen molar-refractivity contribution in [3.63, 3.8) is 0 Å². The second kappa shape index (κ2) is 4.37. The van der Waals surface area contributed by atoms with Gasteiger partial charge in [-0.25, -0.2) is 8.42 Å². The molecule has 1 aromatic carbocycles. The number of carbonyl (C=O) groups is 1. The van der Waals surface area contributed by atoms with E-state index in [0.717, 1.165) is 13.8 Å². The van der Waals surface area contributed by atoms with E-state index in [1.807, 2.05) is 0 Å². The zero-order chi connectivity index (χ0) is 13.3. The summed E-state index contributed by atoms with van der Waals surface area (Å²) in [6.45, 7) is 2.32. The minimum absolute atomic E-state index is 0.0364. The van der Waals surface area contributed by atoms with Gasteiger partial charge in [0.1, 0.15) is 5.75 Å². The highest BCUT2D eigenvalue weighted by atomic mass is 32.2. The van der Waals surface area contributed by atoms with Gasteiger partial charge in [-0.05, 0) is 38.1 Å². The third kappa shape index (κ3) is 2.26. The predicted molar refractivity (Wildman–Crippen MR) is 61.9 cm³/mol. The average molecular weight is 258 g/mol. The van der Waals surface area contributed by atoms with Crippen LogP contribution in [0.3, 0.4) is 0 Å². The van der Waals surface area contributed by atoms with Gasteiger partial charge in [-0.2, -0.15) is 0 Å². The number of benzene rings is 1. The van der Waals surface area contributed by atoms with Gasteiger partial charge >= 0.3 is 5.97 Å². The van der Waals surface area contributed by atoms with E-state index in [-0.39, 0.29) is 4.90 Å². The van der Waals surface area contributed by atoms with Crippen molar-refractivity contribution in [2.75, 3.05) is 7.11 Å². The summed E-state index contributed by atoms with van der Waals surface area (Å²) in [5.74, 6) is -0.870. The highest BCUT2D eigenvalue weighted by Gasteiger charge is 2.42. The molecule has 94 valence electrons. The first kappa shape index (κ1) is 13.5. The van der Waals surface area contributed by atoms with Gasteiger partial charge in [0, 0.05) is 0 Å². The second-order valence-electron chi connectivity index (χ2n) is 3.99. The van der Waals surface area contributed by atoms with Crippen LogP contribution in [0, 0.1) is 0 Å². The molecule has 1 N–H and O–H groups in total. The maximum absolute atomic E-state index is 12.1. The molecule has 0 aromatic heterocycles. The predicted octanol–water partition coefficient (Wildman–Crippen LogP) is 1.33. The van der Waals surface area contributed by atoms with E-state index < -0.39 is 20.6 Å². The van der Waals surface area contributed by atoms with Gasteiger partial charge < -0.3 is 9.84 Å². The summed E-state index contributed by atoms with van der Waals surface area (Å²) in [6.07, 6.45) is 0. The van der Waals surface area contributed by atoms with E-state index in [9.17, 15) is 13.2 Å². The zero-order valence-electron chi connectivity index (χ0n) is 9.80. The number of carboxylic acid groups (broad SMARTS) is 1. The number of hydrogen-bond acceptors (Lipinski definition) is 4. The van der Waals surface area contributed by atoms with Crippen molar-refractivity contribution in [2.45, 2.75) is 23.5 Å². The Hall–Kier alpha value is -1.56. The summed E-state index contributed by atoms with van der Waals surface area (Å²) in [5.41, 5.74) is 0. The summed E-state index contributed by atoms with van der Waals surface area (Å²) in [5, 5.41) is 8.94. The second-order valence-corrected chi connectivity index (χ2v) is 6.49. The maximum atomic E-state index is 12.1. The number of methoxy groups -OCH3 is 1.